The molecule has 1 fully saturated rings. The first-order valence-electron chi connectivity index (χ1n) is 16.8. The summed E-state index contributed by atoms with van der Waals surface area (Å²) in [6, 6.07) is 21.9. The predicted molar refractivity (Wildman–Crippen MR) is 196 cm³/mol. The molecule has 0 bridgehead atoms. The summed E-state index contributed by atoms with van der Waals surface area (Å²) in [6.07, 6.45) is 6.05. The first-order valence-corrected chi connectivity index (χ1v) is 19.5. The van der Waals surface area contributed by atoms with E-state index in [2.05, 4.69) is 15.2 Å². The molecule has 1 unspecified atom stereocenters. The lowest BCUT2D eigenvalue weighted by molar-refractivity contribution is -0.117. The van der Waals surface area contributed by atoms with Crippen LogP contribution in [0.2, 0.25) is 10.0 Å². The number of sulfonamides is 1. The third-order valence-corrected chi connectivity index (χ3v) is 10.8. The van der Waals surface area contributed by atoms with E-state index < -0.39 is 39.5 Å². The third-order valence-electron chi connectivity index (χ3n) is 9.53. The summed E-state index contributed by atoms with van der Waals surface area (Å²) < 4.78 is 33.1. The molecule has 2 N–H and O–H groups in total. The highest BCUT2D eigenvalue weighted by Gasteiger charge is 2.55. The third kappa shape index (κ3) is 8.22. The number of hydrogen-bond acceptors (Lipinski definition) is 9. The Morgan fingerprint density at radius 2 is 1.75 bits per heavy atom. The summed E-state index contributed by atoms with van der Waals surface area (Å²) in [5.41, 5.74) is 4.54. The van der Waals surface area contributed by atoms with Crippen LogP contribution in [0.5, 0.6) is 0 Å². The van der Waals surface area contributed by atoms with Crippen LogP contribution in [0.4, 0.5) is 0 Å². The first kappa shape index (κ1) is 37.6. The fourth-order valence-corrected chi connectivity index (χ4v) is 8.50. The van der Waals surface area contributed by atoms with E-state index in [9.17, 15) is 22.8 Å². The molecule has 14 heteroatoms. The molecule has 11 nitrogen and oxygen atoms in total. The van der Waals surface area contributed by atoms with E-state index in [1.807, 2.05) is 6.07 Å². The Labute approximate surface area is 312 Å². The molecule has 1 aromatic heterocycles. The van der Waals surface area contributed by atoms with Gasteiger partial charge in [-0.3, -0.25) is 14.6 Å². The molecule has 1 saturated carbocycles. The van der Waals surface area contributed by atoms with Gasteiger partial charge >= 0.3 is 5.97 Å². The first-order chi connectivity index (χ1) is 25.0. The summed E-state index contributed by atoms with van der Waals surface area (Å²) in [5, 5.41) is 0.632. The molecule has 4 atom stereocenters. The number of amides is 1. The van der Waals surface area contributed by atoms with Crippen molar-refractivity contribution in [2.45, 2.75) is 62.4 Å². The summed E-state index contributed by atoms with van der Waals surface area (Å²) in [6.45, 7) is -0.00319. The maximum absolute atomic E-state index is 14.6. The van der Waals surface area contributed by atoms with Crippen LogP contribution in [0.3, 0.4) is 0 Å². The Balaban J connectivity index is 1.27. The lowest BCUT2D eigenvalue weighted by Gasteiger charge is -2.53. The average molecular weight is 766 g/mol. The molecule has 272 valence electrons. The van der Waals surface area contributed by atoms with Crippen molar-refractivity contribution in [3.63, 3.8) is 0 Å². The fraction of sp³-hybridized carbons (Fsp3) is 0.316. The maximum atomic E-state index is 14.6. The molecule has 3 aromatic carbocycles. The van der Waals surface area contributed by atoms with Gasteiger partial charge in [-0.25, -0.2) is 23.4 Å². The molecule has 6 rings (SSSR count). The number of ether oxygens (including phenoxy) is 1. The van der Waals surface area contributed by atoms with Gasteiger partial charge in [0.1, 0.15) is 19.5 Å². The molecule has 0 spiro atoms. The van der Waals surface area contributed by atoms with Gasteiger partial charge in [0.15, 0.2) is 0 Å². The number of carbonyl (C=O) groups is 3. The van der Waals surface area contributed by atoms with Gasteiger partial charge in [0.05, 0.1) is 29.0 Å². The predicted octanol–water partition coefficient (Wildman–Crippen LogP) is 5.96. The summed E-state index contributed by atoms with van der Waals surface area (Å²) in [4.78, 5) is 52.5. The lowest BCUT2D eigenvalue weighted by Crippen LogP contribution is -2.63. The van der Waals surface area contributed by atoms with Crippen LogP contribution in [0.15, 0.2) is 91.1 Å². The van der Waals surface area contributed by atoms with Crippen LogP contribution in [-0.2, 0) is 43.0 Å². The van der Waals surface area contributed by atoms with Gasteiger partial charge in [-0.1, -0.05) is 84.6 Å². The molecule has 1 amide bonds. The number of pyridine rings is 1. The Morgan fingerprint density at radius 3 is 2.46 bits per heavy atom. The second-order valence-electron chi connectivity index (χ2n) is 13.0. The monoisotopic (exact) mass is 764 g/mol. The Morgan fingerprint density at radius 1 is 1.00 bits per heavy atom. The number of esters is 1. The van der Waals surface area contributed by atoms with Gasteiger partial charge in [0.2, 0.25) is 10.0 Å². The van der Waals surface area contributed by atoms with Crippen LogP contribution in [0, 0.1) is 0 Å². The highest BCUT2D eigenvalue weighted by molar-refractivity contribution is 7.88. The van der Waals surface area contributed by atoms with Gasteiger partial charge in [0.25, 0.3) is 5.91 Å². The van der Waals surface area contributed by atoms with Gasteiger partial charge < -0.3 is 14.4 Å². The number of hydroxylamine groups is 1. The smallest absolute Gasteiger partial charge is 0.338 e. The lowest BCUT2D eigenvalue weighted by atomic mass is 9.66. The molecule has 0 radical (unpaired) electrons. The Bertz CT molecular complexity index is 2030. The van der Waals surface area contributed by atoms with E-state index in [-0.39, 0.29) is 30.7 Å². The molecule has 1 aliphatic carbocycles. The van der Waals surface area contributed by atoms with E-state index in [1.54, 1.807) is 90.0 Å². The minimum Gasteiger partial charge on any atom is -0.457 e. The molecular weight excluding hydrogens is 727 g/mol. The summed E-state index contributed by atoms with van der Waals surface area (Å²) >= 11 is 13.2. The minimum atomic E-state index is -3.63. The fourth-order valence-electron chi connectivity index (χ4n) is 7.17. The molecule has 2 aliphatic rings. The van der Waals surface area contributed by atoms with Crippen LogP contribution in [-0.4, -0.2) is 61.3 Å². The van der Waals surface area contributed by atoms with Crippen molar-refractivity contribution in [1.29, 1.82) is 0 Å². The van der Waals surface area contributed by atoms with Crippen LogP contribution in [0.25, 0.3) is 0 Å². The maximum Gasteiger partial charge on any atom is 0.338 e. The van der Waals surface area contributed by atoms with E-state index in [4.69, 9.17) is 32.8 Å². The van der Waals surface area contributed by atoms with E-state index >= 15 is 0 Å². The number of carbonyl (C=O) groups excluding carboxylic acids is 3. The van der Waals surface area contributed by atoms with E-state index in [0.29, 0.717) is 51.4 Å². The summed E-state index contributed by atoms with van der Waals surface area (Å²) in [7, 11) is -3.63. The molecule has 2 heterocycles. The van der Waals surface area contributed by atoms with E-state index in [0.717, 1.165) is 25.4 Å². The van der Waals surface area contributed by atoms with Crippen LogP contribution >= 0.6 is 23.2 Å². The zero-order chi connectivity index (χ0) is 36.9. The zero-order valence-electron chi connectivity index (χ0n) is 28.3. The van der Waals surface area contributed by atoms with Crippen LogP contribution < -0.4 is 10.2 Å². The average Bonchev–Trinajstić information content (AvgIpc) is 3.14. The molecule has 52 heavy (non-hydrogen) atoms. The number of fused-ring (bicyclic) bond motifs is 1. The van der Waals surface area contributed by atoms with Gasteiger partial charge in [0, 0.05) is 46.0 Å². The Hall–Kier alpha value is -4.17. The standard InChI is InChI=1S/C38H38Cl2N4O7S/c1-52(48,49)43-33-13-7-8-14-34(33)44-35(30-18-16-27(39)19-32(30)40)38(24-45,31-12-6-5-11-29(31)36(44)46)23-42-51-22-28-17-15-25(20-41-28)21-50-37(47)26-9-3-2-4-10-26/h2-6,9-12,15-20,24,33-35,42-43H,7-8,13-14,21-23H2,1H3/t33-,34-,35-,38?/m0/s1. The number of rotatable bonds is 13. The number of aromatic nitrogens is 1. The van der Waals surface area contributed by atoms with Crippen molar-refractivity contribution in [2.24, 2.45) is 0 Å². The van der Waals surface area contributed by atoms with Crippen molar-refractivity contribution >= 4 is 51.4 Å². The molecule has 4 aromatic rings. The van der Waals surface area contributed by atoms with Gasteiger partial charge in [-0.15, -0.1) is 0 Å². The van der Waals surface area contributed by atoms with Crippen molar-refractivity contribution in [3.8, 4) is 0 Å². The Kier molecular flexibility index (Phi) is 11.7. The number of nitrogens with zero attached hydrogens (tertiary/aromatic N) is 2. The van der Waals surface area contributed by atoms with Crippen LogP contribution in [0.1, 0.15) is 74.8 Å². The molecule has 0 saturated heterocycles. The molecular formula is C38H38Cl2N4O7S. The summed E-state index contributed by atoms with van der Waals surface area (Å²) in [5.74, 6) is -0.773. The largest absolute Gasteiger partial charge is 0.457 e. The normalized spacial score (nSPS) is 21.7. The zero-order valence-corrected chi connectivity index (χ0v) is 30.7. The van der Waals surface area contributed by atoms with E-state index in [1.165, 1.54) is 0 Å². The number of aldehydes is 1. The molecule has 1 aliphatic heterocycles. The highest BCUT2D eigenvalue weighted by Crippen LogP contribution is 2.50. The van der Waals surface area contributed by atoms with Crippen molar-refractivity contribution in [2.75, 3.05) is 12.8 Å². The van der Waals surface area contributed by atoms with Gasteiger partial charge in [-0.05, 0) is 60.4 Å². The topological polar surface area (TPSA) is 144 Å². The number of nitrogens with one attached hydrogen (secondary N) is 2. The second kappa shape index (κ2) is 16.2. The second-order valence-corrected chi connectivity index (χ2v) is 15.7. The minimum absolute atomic E-state index is 0.0264. The number of halogens is 2. The van der Waals surface area contributed by atoms with Crippen molar-refractivity contribution < 1.29 is 32.4 Å². The SMILES string of the molecule is CS(=O)(=O)N[C@H]1CCCC[C@@H]1N1C(=O)c2ccccc2C(C=O)(CNOCc2ccc(COC(=O)c3ccccc3)cn2)[C@@H]1c1ccc(Cl)cc1Cl. The quantitative estimate of drug-likeness (QED) is 0.0730. The van der Waals surface area contributed by atoms with Gasteiger partial charge in [-0.2, -0.15) is 0 Å². The van der Waals surface area contributed by atoms with Crippen molar-refractivity contribution in [3.05, 3.63) is 135 Å². The highest BCUT2D eigenvalue weighted by atomic mass is 35.5. The van der Waals surface area contributed by atoms with Crippen molar-refractivity contribution in [1.82, 2.24) is 20.1 Å². The number of hydrogen-bond donors (Lipinski definition) is 2. The number of benzene rings is 3.